The smallest absolute Gasteiger partial charge is 0.138 e. The van der Waals surface area contributed by atoms with Gasteiger partial charge < -0.3 is 15.8 Å². The molecule has 0 amide bonds. The van der Waals surface area contributed by atoms with Gasteiger partial charge in [0.15, 0.2) is 0 Å². The number of aromatic nitrogens is 2. The average molecular weight is 278 g/mol. The standard InChI is InChI=1S/C15H26N4O/c1-9-12(16)18-14(15(3,4)5)19-13(9)17-10(2)11-7-6-8-20-11/h10-11H,6-8H2,1-5H3,(H3,16,17,18,19). The molecular weight excluding hydrogens is 252 g/mol. The van der Waals surface area contributed by atoms with Crippen molar-refractivity contribution in [3.63, 3.8) is 0 Å². The minimum atomic E-state index is -0.120. The van der Waals surface area contributed by atoms with Crippen LogP contribution in [0.15, 0.2) is 0 Å². The van der Waals surface area contributed by atoms with Gasteiger partial charge in [0.05, 0.1) is 12.1 Å². The summed E-state index contributed by atoms with van der Waals surface area (Å²) in [6.45, 7) is 11.2. The van der Waals surface area contributed by atoms with E-state index in [4.69, 9.17) is 10.5 Å². The summed E-state index contributed by atoms with van der Waals surface area (Å²) in [6, 6.07) is 0.221. The quantitative estimate of drug-likeness (QED) is 0.889. The van der Waals surface area contributed by atoms with E-state index in [2.05, 4.69) is 43.0 Å². The summed E-state index contributed by atoms with van der Waals surface area (Å²) in [5.41, 5.74) is 6.81. The Bertz CT molecular complexity index is 475. The first-order chi connectivity index (χ1) is 9.29. The highest BCUT2D eigenvalue weighted by molar-refractivity contribution is 5.55. The van der Waals surface area contributed by atoms with Gasteiger partial charge in [-0.1, -0.05) is 20.8 Å². The molecule has 1 aromatic heterocycles. The lowest BCUT2D eigenvalue weighted by atomic mass is 9.95. The number of nitrogens with two attached hydrogens (primary N) is 1. The monoisotopic (exact) mass is 278 g/mol. The van der Waals surface area contributed by atoms with Gasteiger partial charge in [-0.2, -0.15) is 0 Å². The highest BCUT2D eigenvalue weighted by Crippen LogP contribution is 2.26. The SMILES string of the molecule is Cc1c(N)nc(C(C)(C)C)nc1NC(C)C1CCCO1. The van der Waals surface area contributed by atoms with Gasteiger partial charge in [-0.25, -0.2) is 9.97 Å². The van der Waals surface area contributed by atoms with Crippen molar-refractivity contribution in [1.29, 1.82) is 0 Å². The van der Waals surface area contributed by atoms with Gasteiger partial charge in [-0.15, -0.1) is 0 Å². The molecule has 0 aromatic carbocycles. The van der Waals surface area contributed by atoms with E-state index < -0.39 is 0 Å². The maximum Gasteiger partial charge on any atom is 0.138 e. The molecule has 1 aliphatic heterocycles. The van der Waals surface area contributed by atoms with Crippen molar-refractivity contribution in [1.82, 2.24) is 9.97 Å². The molecule has 20 heavy (non-hydrogen) atoms. The Hall–Kier alpha value is -1.36. The van der Waals surface area contributed by atoms with Crippen molar-refractivity contribution in [2.24, 2.45) is 0 Å². The van der Waals surface area contributed by atoms with Crippen molar-refractivity contribution < 1.29 is 4.74 Å². The number of nitrogens with zero attached hydrogens (tertiary/aromatic N) is 2. The van der Waals surface area contributed by atoms with Gasteiger partial charge in [-0.05, 0) is 26.7 Å². The van der Waals surface area contributed by atoms with Crippen LogP contribution >= 0.6 is 0 Å². The second-order valence-corrected chi connectivity index (χ2v) is 6.64. The van der Waals surface area contributed by atoms with Gasteiger partial charge in [0.2, 0.25) is 0 Å². The van der Waals surface area contributed by atoms with Crippen LogP contribution < -0.4 is 11.1 Å². The largest absolute Gasteiger partial charge is 0.383 e. The summed E-state index contributed by atoms with van der Waals surface area (Å²) in [5.74, 6) is 2.14. The first kappa shape index (κ1) is 15.0. The Morgan fingerprint density at radius 2 is 2.05 bits per heavy atom. The molecule has 5 nitrogen and oxygen atoms in total. The summed E-state index contributed by atoms with van der Waals surface area (Å²) >= 11 is 0. The molecule has 5 heteroatoms. The molecule has 0 spiro atoms. The lowest BCUT2D eigenvalue weighted by Gasteiger charge is -2.24. The molecule has 112 valence electrons. The minimum absolute atomic E-state index is 0.120. The Balaban J connectivity index is 2.23. The lowest BCUT2D eigenvalue weighted by Crippen LogP contribution is -2.31. The third kappa shape index (κ3) is 3.20. The minimum Gasteiger partial charge on any atom is -0.383 e. The van der Waals surface area contributed by atoms with E-state index in [-0.39, 0.29) is 17.6 Å². The number of nitrogen functional groups attached to an aromatic ring is 1. The van der Waals surface area contributed by atoms with Crippen LogP contribution in [-0.2, 0) is 10.2 Å². The average Bonchev–Trinajstić information content (AvgIpc) is 2.87. The zero-order chi connectivity index (χ0) is 14.9. The first-order valence-electron chi connectivity index (χ1n) is 7.32. The van der Waals surface area contributed by atoms with E-state index >= 15 is 0 Å². The third-order valence-corrected chi connectivity index (χ3v) is 3.74. The van der Waals surface area contributed by atoms with Crippen molar-refractivity contribution in [3.05, 3.63) is 11.4 Å². The first-order valence-corrected chi connectivity index (χ1v) is 7.32. The normalized spacial score (nSPS) is 20.9. The van der Waals surface area contributed by atoms with Crippen LogP contribution in [0.2, 0.25) is 0 Å². The molecule has 2 heterocycles. The van der Waals surface area contributed by atoms with E-state index in [1.54, 1.807) is 0 Å². The van der Waals surface area contributed by atoms with Crippen LogP contribution in [0.5, 0.6) is 0 Å². The molecule has 1 fully saturated rings. The number of rotatable bonds is 3. The summed E-state index contributed by atoms with van der Waals surface area (Å²) in [7, 11) is 0. The number of hydrogen-bond acceptors (Lipinski definition) is 5. The Morgan fingerprint density at radius 3 is 2.60 bits per heavy atom. The molecule has 2 atom stereocenters. The predicted octanol–water partition coefficient (Wildman–Crippen LogP) is 2.64. The van der Waals surface area contributed by atoms with E-state index in [0.717, 1.165) is 36.7 Å². The molecule has 1 saturated heterocycles. The maximum absolute atomic E-state index is 6.02. The molecule has 3 N–H and O–H groups in total. The third-order valence-electron chi connectivity index (χ3n) is 3.74. The van der Waals surface area contributed by atoms with Crippen LogP contribution in [0.3, 0.4) is 0 Å². The maximum atomic E-state index is 6.02. The highest BCUT2D eigenvalue weighted by atomic mass is 16.5. The number of hydrogen-bond donors (Lipinski definition) is 2. The fourth-order valence-corrected chi connectivity index (χ4v) is 2.32. The molecule has 2 unspecified atom stereocenters. The number of ether oxygens (including phenoxy) is 1. The van der Waals surface area contributed by atoms with Gasteiger partial charge >= 0.3 is 0 Å². The Labute approximate surface area is 121 Å². The zero-order valence-corrected chi connectivity index (χ0v) is 13.2. The van der Waals surface area contributed by atoms with Crippen LogP contribution in [-0.4, -0.2) is 28.7 Å². The Morgan fingerprint density at radius 1 is 1.35 bits per heavy atom. The summed E-state index contributed by atoms with van der Waals surface area (Å²) in [6.07, 6.45) is 2.48. The fraction of sp³-hybridized carbons (Fsp3) is 0.733. The molecule has 0 saturated carbocycles. The topological polar surface area (TPSA) is 73.1 Å². The van der Waals surface area contributed by atoms with Gasteiger partial charge in [0, 0.05) is 17.6 Å². The lowest BCUT2D eigenvalue weighted by molar-refractivity contribution is 0.0995. The second-order valence-electron chi connectivity index (χ2n) is 6.64. The van der Waals surface area contributed by atoms with E-state index in [1.807, 2.05) is 6.92 Å². The van der Waals surface area contributed by atoms with Gasteiger partial charge in [-0.3, -0.25) is 0 Å². The molecule has 0 bridgehead atoms. The van der Waals surface area contributed by atoms with Crippen molar-refractivity contribution in [3.8, 4) is 0 Å². The number of anilines is 2. The van der Waals surface area contributed by atoms with E-state index in [0.29, 0.717) is 5.82 Å². The van der Waals surface area contributed by atoms with Crippen molar-refractivity contribution in [2.45, 2.75) is 65.0 Å². The molecule has 2 rings (SSSR count). The van der Waals surface area contributed by atoms with Crippen LogP contribution in [0.1, 0.15) is 51.9 Å². The van der Waals surface area contributed by atoms with Gasteiger partial charge in [0.25, 0.3) is 0 Å². The molecule has 1 aliphatic rings. The van der Waals surface area contributed by atoms with Crippen molar-refractivity contribution in [2.75, 3.05) is 17.7 Å². The molecule has 1 aromatic rings. The zero-order valence-electron chi connectivity index (χ0n) is 13.2. The highest BCUT2D eigenvalue weighted by Gasteiger charge is 2.25. The van der Waals surface area contributed by atoms with Gasteiger partial charge in [0.1, 0.15) is 17.5 Å². The molecular formula is C15H26N4O. The Kier molecular flexibility index (Phi) is 4.18. The van der Waals surface area contributed by atoms with E-state index in [1.165, 1.54) is 0 Å². The van der Waals surface area contributed by atoms with Crippen LogP contribution in [0.25, 0.3) is 0 Å². The second kappa shape index (κ2) is 5.56. The van der Waals surface area contributed by atoms with E-state index in [9.17, 15) is 0 Å². The summed E-state index contributed by atoms with van der Waals surface area (Å²) < 4.78 is 5.72. The predicted molar refractivity (Wildman–Crippen MR) is 81.9 cm³/mol. The summed E-state index contributed by atoms with van der Waals surface area (Å²) in [4.78, 5) is 9.06. The molecule has 0 aliphatic carbocycles. The van der Waals surface area contributed by atoms with Crippen LogP contribution in [0.4, 0.5) is 11.6 Å². The molecule has 0 radical (unpaired) electrons. The number of nitrogens with one attached hydrogen (secondary N) is 1. The summed E-state index contributed by atoms with van der Waals surface area (Å²) in [5, 5.41) is 3.45. The fourth-order valence-electron chi connectivity index (χ4n) is 2.32. The van der Waals surface area contributed by atoms with Crippen molar-refractivity contribution >= 4 is 11.6 Å². The van der Waals surface area contributed by atoms with Crippen LogP contribution in [0, 0.1) is 6.92 Å².